The molecule has 0 atom stereocenters. The summed E-state index contributed by atoms with van der Waals surface area (Å²) in [6, 6.07) is 5.56. The summed E-state index contributed by atoms with van der Waals surface area (Å²) in [5.41, 5.74) is 2.76. The lowest BCUT2D eigenvalue weighted by molar-refractivity contribution is 0.425. The molecule has 3 heteroatoms. The molecule has 0 bridgehead atoms. The smallest absolute Gasteiger partial charge is 0.423 e. The molecule has 1 aromatic carbocycles. The summed E-state index contributed by atoms with van der Waals surface area (Å²) < 4.78 is 0. The fraction of sp³-hybridized carbons (Fsp3) is 0.111. The van der Waals surface area contributed by atoms with Crippen LogP contribution in [0.3, 0.4) is 0 Å². The van der Waals surface area contributed by atoms with Gasteiger partial charge in [0, 0.05) is 0 Å². The Hall–Kier alpha value is -1.06. The van der Waals surface area contributed by atoms with Crippen molar-refractivity contribution in [3.63, 3.8) is 0 Å². The lowest BCUT2D eigenvalue weighted by Crippen LogP contribution is -2.32. The topological polar surface area (TPSA) is 40.5 Å². The molecule has 1 aliphatic carbocycles. The van der Waals surface area contributed by atoms with Gasteiger partial charge in [-0.1, -0.05) is 30.4 Å². The standard InChI is InChI=1S/C9H9BO2/c11-10(12)9-6-2-4-7-3-1-5-8(7)9/h1-4,6,11-12H,5H2. The van der Waals surface area contributed by atoms with Gasteiger partial charge in [-0.15, -0.1) is 0 Å². The predicted molar refractivity (Wildman–Crippen MR) is 49.0 cm³/mol. The molecule has 0 heterocycles. The molecule has 0 unspecified atom stereocenters. The maximum Gasteiger partial charge on any atom is 0.488 e. The van der Waals surface area contributed by atoms with Crippen molar-refractivity contribution in [3.8, 4) is 0 Å². The number of rotatable bonds is 1. The van der Waals surface area contributed by atoms with Crippen LogP contribution in [0.15, 0.2) is 24.3 Å². The van der Waals surface area contributed by atoms with Gasteiger partial charge < -0.3 is 10.0 Å². The Balaban J connectivity index is 2.53. The fourth-order valence-electron chi connectivity index (χ4n) is 1.56. The van der Waals surface area contributed by atoms with Gasteiger partial charge in [0.1, 0.15) is 0 Å². The molecule has 1 aliphatic rings. The summed E-state index contributed by atoms with van der Waals surface area (Å²) in [4.78, 5) is 0. The molecule has 2 N–H and O–H groups in total. The van der Waals surface area contributed by atoms with Crippen LogP contribution in [0.25, 0.3) is 6.08 Å². The quantitative estimate of drug-likeness (QED) is 0.564. The normalized spacial score (nSPS) is 13.2. The first-order chi connectivity index (χ1) is 5.79. The zero-order valence-corrected chi connectivity index (χ0v) is 6.57. The minimum absolute atomic E-state index is 0.623. The van der Waals surface area contributed by atoms with E-state index in [1.165, 1.54) is 0 Å². The third kappa shape index (κ3) is 1.07. The van der Waals surface area contributed by atoms with Crippen LogP contribution in [0.4, 0.5) is 0 Å². The molecule has 0 aromatic heterocycles. The van der Waals surface area contributed by atoms with Crippen molar-refractivity contribution < 1.29 is 10.0 Å². The largest absolute Gasteiger partial charge is 0.488 e. The second-order valence-electron chi connectivity index (χ2n) is 2.90. The van der Waals surface area contributed by atoms with Crippen LogP contribution < -0.4 is 5.46 Å². The summed E-state index contributed by atoms with van der Waals surface area (Å²) in [5, 5.41) is 18.0. The molecular weight excluding hydrogens is 151 g/mol. The molecule has 0 fully saturated rings. The van der Waals surface area contributed by atoms with Crippen LogP contribution in [-0.4, -0.2) is 17.2 Å². The lowest BCUT2D eigenvalue weighted by Gasteiger charge is -2.05. The molecule has 12 heavy (non-hydrogen) atoms. The van der Waals surface area contributed by atoms with Crippen molar-refractivity contribution in [3.05, 3.63) is 35.4 Å². The first kappa shape index (κ1) is 7.59. The number of fused-ring (bicyclic) bond motifs is 1. The summed E-state index contributed by atoms with van der Waals surface area (Å²) in [5.74, 6) is 0. The summed E-state index contributed by atoms with van der Waals surface area (Å²) in [7, 11) is -1.35. The Labute approximate surface area is 71.3 Å². The molecular formula is C9H9BO2. The molecule has 60 valence electrons. The highest BCUT2D eigenvalue weighted by molar-refractivity contribution is 6.59. The Morgan fingerprint density at radius 1 is 1.25 bits per heavy atom. The highest BCUT2D eigenvalue weighted by atomic mass is 16.4. The Bertz CT molecular complexity index is 331. The van der Waals surface area contributed by atoms with Crippen molar-refractivity contribution in [1.29, 1.82) is 0 Å². The second kappa shape index (κ2) is 2.77. The minimum atomic E-state index is -1.35. The number of benzene rings is 1. The van der Waals surface area contributed by atoms with Gasteiger partial charge in [-0.05, 0) is 23.0 Å². The maximum absolute atomic E-state index is 9.02. The van der Waals surface area contributed by atoms with Crippen molar-refractivity contribution in [2.24, 2.45) is 0 Å². The lowest BCUT2D eigenvalue weighted by atomic mass is 9.76. The molecule has 0 aliphatic heterocycles. The number of hydrogen-bond donors (Lipinski definition) is 2. The number of hydrogen-bond acceptors (Lipinski definition) is 2. The van der Waals surface area contributed by atoms with E-state index in [2.05, 4.69) is 0 Å². The van der Waals surface area contributed by atoms with Crippen LogP contribution in [0, 0.1) is 0 Å². The van der Waals surface area contributed by atoms with Crippen LogP contribution in [-0.2, 0) is 6.42 Å². The number of allylic oxidation sites excluding steroid dienone is 1. The van der Waals surface area contributed by atoms with Crippen molar-refractivity contribution >= 4 is 18.7 Å². The van der Waals surface area contributed by atoms with Crippen LogP contribution >= 0.6 is 0 Å². The van der Waals surface area contributed by atoms with Crippen LogP contribution in [0.5, 0.6) is 0 Å². The zero-order valence-electron chi connectivity index (χ0n) is 6.57. The van der Waals surface area contributed by atoms with Crippen molar-refractivity contribution in [1.82, 2.24) is 0 Å². The predicted octanol–water partition coefficient (Wildman–Crippen LogP) is -0.0643. The molecule has 0 saturated heterocycles. The SMILES string of the molecule is OB(O)c1cccc2c1CC=C2. The van der Waals surface area contributed by atoms with Gasteiger partial charge in [0.25, 0.3) is 0 Å². The van der Waals surface area contributed by atoms with E-state index in [1.54, 1.807) is 6.07 Å². The van der Waals surface area contributed by atoms with E-state index in [4.69, 9.17) is 10.0 Å². The van der Waals surface area contributed by atoms with E-state index in [0.29, 0.717) is 5.46 Å². The molecule has 2 rings (SSSR count). The highest BCUT2D eigenvalue weighted by Gasteiger charge is 2.18. The Kier molecular flexibility index (Phi) is 1.75. The monoisotopic (exact) mass is 160 g/mol. The average molecular weight is 160 g/mol. The second-order valence-corrected chi connectivity index (χ2v) is 2.90. The molecule has 0 amide bonds. The van der Waals surface area contributed by atoms with Gasteiger partial charge in [0.2, 0.25) is 0 Å². The van der Waals surface area contributed by atoms with E-state index in [1.807, 2.05) is 24.3 Å². The molecule has 0 spiro atoms. The first-order valence-corrected chi connectivity index (χ1v) is 3.93. The maximum atomic E-state index is 9.02. The molecule has 0 radical (unpaired) electrons. The molecule has 0 saturated carbocycles. The van der Waals surface area contributed by atoms with Gasteiger partial charge in [-0.2, -0.15) is 0 Å². The third-order valence-corrected chi connectivity index (χ3v) is 2.15. The van der Waals surface area contributed by atoms with E-state index in [9.17, 15) is 0 Å². The van der Waals surface area contributed by atoms with Gasteiger partial charge in [-0.3, -0.25) is 0 Å². The minimum Gasteiger partial charge on any atom is -0.423 e. The van der Waals surface area contributed by atoms with E-state index in [-0.39, 0.29) is 0 Å². The van der Waals surface area contributed by atoms with Crippen LogP contribution in [0.2, 0.25) is 0 Å². The molecule has 1 aromatic rings. The van der Waals surface area contributed by atoms with Gasteiger partial charge >= 0.3 is 7.12 Å². The van der Waals surface area contributed by atoms with Crippen molar-refractivity contribution in [2.45, 2.75) is 6.42 Å². The fourth-order valence-corrected chi connectivity index (χ4v) is 1.56. The summed E-state index contributed by atoms with van der Waals surface area (Å²) in [6.45, 7) is 0. The molecule has 2 nitrogen and oxygen atoms in total. The average Bonchev–Trinajstić information content (AvgIpc) is 2.49. The van der Waals surface area contributed by atoms with Gasteiger partial charge in [0.05, 0.1) is 0 Å². The summed E-state index contributed by atoms with van der Waals surface area (Å²) in [6.07, 6.45) is 4.83. The van der Waals surface area contributed by atoms with Gasteiger partial charge in [-0.25, -0.2) is 0 Å². The summed E-state index contributed by atoms with van der Waals surface area (Å²) >= 11 is 0. The van der Waals surface area contributed by atoms with Gasteiger partial charge in [0.15, 0.2) is 0 Å². The van der Waals surface area contributed by atoms with E-state index in [0.717, 1.165) is 17.5 Å². The van der Waals surface area contributed by atoms with Crippen molar-refractivity contribution in [2.75, 3.05) is 0 Å². The van der Waals surface area contributed by atoms with E-state index >= 15 is 0 Å². The highest BCUT2D eigenvalue weighted by Crippen LogP contribution is 2.16. The zero-order chi connectivity index (χ0) is 8.55. The van der Waals surface area contributed by atoms with E-state index < -0.39 is 7.12 Å². The Morgan fingerprint density at radius 3 is 2.83 bits per heavy atom. The van der Waals surface area contributed by atoms with Crippen LogP contribution in [0.1, 0.15) is 11.1 Å². The Morgan fingerprint density at radius 2 is 2.08 bits per heavy atom. The third-order valence-electron chi connectivity index (χ3n) is 2.15. The first-order valence-electron chi connectivity index (χ1n) is 3.93.